The molecule has 0 spiro atoms. The summed E-state index contributed by atoms with van der Waals surface area (Å²) in [6, 6.07) is 10.6. The molecule has 0 fully saturated rings. The molecule has 0 aliphatic rings. The lowest BCUT2D eigenvalue weighted by atomic mass is 10.00. The van der Waals surface area contributed by atoms with Crippen LogP contribution in [-0.4, -0.2) is 35.1 Å². The Morgan fingerprint density at radius 1 is 0.978 bits per heavy atom. The number of benzene rings is 3. The number of pyridine rings is 1. The molecule has 1 atom stereocenters. The zero-order valence-electron chi connectivity index (χ0n) is 24.7. The van der Waals surface area contributed by atoms with E-state index in [0.717, 1.165) is 19.4 Å². The highest BCUT2D eigenvalue weighted by molar-refractivity contribution is 7.91. The van der Waals surface area contributed by atoms with Gasteiger partial charge in [-0.1, -0.05) is 30.3 Å². The lowest BCUT2D eigenvalue weighted by Gasteiger charge is -2.22. The number of aryl methyl sites for hydroxylation is 1. The Balaban J connectivity index is 2.10. The standard InChI is InChI=1S/C31H26F6N2O6S/c1-5-43-30(40)24-26(39-16(2)29(46(4,38)41)28(24)44-15-17-9-7-6-8-10-17)18-13-21(33)19(31(35,36)37)14-23(18)45-22-12-11-20(32)25(34)27(22)42-3/h6-14,38H,5,15H2,1-4H3. The number of rotatable bonds is 10. The van der Waals surface area contributed by atoms with E-state index in [-0.39, 0.29) is 29.9 Å². The number of carbonyl (C=O) groups excluding carboxylic acids is 1. The van der Waals surface area contributed by atoms with Gasteiger partial charge in [0.1, 0.15) is 28.6 Å². The molecule has 1 unspecified atom stereocenters. The second-order valence-corrected chi connectivity index (χ2v) is 11.8. The number of alkyl halides is 3. The molecule has 4 rings (SSSR count). The Hall–Kier alpha value is -4.79. The van der Waals surface area contributed by atoms with Gasteiger partial charge in [-0.05, 0) is 43.7 Å². The van der Waals surface area contributed by atoms with Crippen molar-refractivity contribution in [3.05, 3.63) is 94.4 Å². The fraction of sp³-hybridized carbons (Fsp3) is 0.226. The van der Waals surface area contributed by atoms with Gasteiger partial charge in [0.2, 0.25) is 11.6 Å². The number of hydrogen-bond acceptors (Lipinski definition) is 8. The van der Waals surface area contributed by atoms with Crippen molar-refractivity contribution < 1.29 is 54.3 Å². The minimum absolute atomic E-state index is 0.148. The third-order valence-electron chi connectivity index (χ3n) is 6.44. The van der Waals surface area contributed by atoms with Gasteiger partial charge in [0.05, 0.1) is 40.4 Å². The highest BCUT2D eigenvalue weighted by Crippen LogP contribution is 2.46. The van der Waals surface area contributed by atoms with Gasteiger partial charge >= 0.3 is 12.1 Å². The molecule has 1 aromatic heterocycles. The van der Waals surface area contributed by atoms with Crippen LogP contribution in [-0.2, 0) is 27.2 Å². The topological polar surface area (TPSA) is 108 Å². The fourth-order valence-electron chi connectivity index (χ4n) is 4.52. The summed E-state index contributed by atoms with van der Waals surface area (Å²) in [6.45, 7) is 2.33. The van der Waals surface area contributed by atoms with E-state index in [1.54, 1.807) is 30.3 Å². The molecule has 46 heavy (non-hydrogen) atoms. The van der Waals surface area contributed by atoms with Gasteiger partial charge < -0.3 is 18.9 Å². The molecule has 15 heteroatoms. The molecule has 1 N–H and O–H groups in total. The molecular weight excluding hydrogens is 642 g/mol. The van der Waals surface area contributed by atoms with Crippen molar-refractivity contribution in [3.8, 4) is 34.3 Å². The predicted octanol–water partition coefficient (Wildman–Crippen LogP) is 8.09. The van der Waals surface area contributed by atoms with Gasteiger partial charge in [-0.3, -0.25) is 4.98 Å². The van der Waals surface area contributed by atoms with E-state index >= 15 is 4.39 Å². The van der Waals surface area contributed by atoms with Crippen LogP contribution >= 0.6 is 0 Å². The second kappa shape index (κ2) is 13.3. The Morgan fingerprint density at radius 2 is 1.65 bits per heavy atom. The summed E-state index contributed by atoms with van der Waals surface area (Å²) in [5, 5.41) is 0. The minimum atomic E-state index is -5.24. The zero-order chi connectivity index (χ0) is 34.0. The zero-order valence-corrected chi connectivity index (χ0v) is 25.5. The molecule has 0 bridgehead atoms. The Morgan fingerprint density at radius 3 is 2.24 bits per heavy atom. The summed E-state index contributed by atoms with van der Waals surface area (Å²) in [5.41, 5.74) is -3.06. The maximum atomic E-state index is 15.2. The summed E-state index contributed by atoms with van der Waals surface area (Å²) >= 11 is 0. The quantitative estimate of drug-likeness (QED) is 0.134. The molecule has 1 heterocycles. The van der Waals surface area contributed by atoms with Crippen LogP contribution in [0.25, 0.3) is 11.3 Å². The van der Waals surface area contributed by atoms with E-state index in [2.05, 4.69) is 4.98 Å². The van der Waals surface area contributed by atoms with Crippen LogP contribution in [0.4, 0.5) is 26.3 Å². The molecular formula is C31H26F6N2O6S. The number of methoxy groups -OCH3 is 1. The highest BCUT2D eigenvalue weighted by atomic mass is 32.2. The van der Waals surface area contributed by atoms with Crippen LogP contribution in [0.2, 0.25) is 0 Å². The Labute approximate surface area is 259 Å². The highest BCUT2D eigenvalue weighted by Gasteiger charge is 2.37. The van der Waals surface area contributed by atoms with E-state index < -0.39 is 84.7 Å². The first-order valence-corrected chi connectivity index (χ1v) is 15.3. The normalized spacial score (nSPS) is 12.7. The van der Waals surface area contributed by atoms with Crippen molar-refractivity contribution in [1.29, 1.82) is 4.78 Å². The molecule has 3 aromatic carbocycles. The van der Waals surface area contributed by atoms with Crippen molar-refractivity contribution >= 4 is 15.7 Å². The Bertz CT molecular complexity index is 1900. The van der Waals surface area contributed by atoms with Crippen LogP contribution in [0.3, 0.4) is 0 Å². The van der Waals surface area contributed by atoms with Crippen molar-refractivity contribution in [3.63, 3.8) is 0 Å². The molecule has 8 nitrogen and oxygen atoms in total. The van der Waals surface area contributed by atoms with Crippen molar-refractivity contribution in [1.82, 2.24) is 4.98 Å². The lowest BCUT2D eigenvalue weighted by molar-refractivity contribution is -0.140. The first-order chi connectivity index (χ1) is 21.6. The fourth-order valence-corrected chi connectivity index (χ4v) is 5.64. The Kier molecular flexibility index (Phi) is 9.85. The van der Waals surface area contributed by atoms with E-state index in [9.17, 15) is 31.0 Å². The largest absolute Gasteiger partial charge is 0.490 e. The number of esters is 1. The average Bonchev–Trinajstić information content (AvgIpc) is 2.97. The monoisotopic (exact) mass is 668 g/mol. The van der Waals surface area contributed by atoms with Crippen molar-refractivity contribution in [2.75, 3.05) is 20.0 Å². The van der Waals surface area contributed by atoms with Gasteiger partial charge in [-0.2, -0.15) is 17.6 Å². The SMILES string of the molecule is CCOC(=O)c1c(-c2cc(F)c(C(F)(F)F)cc2Oc2ccc(F)c(F)c2OC)nc(C)c(S(C)(=N)=O)c1OCc1ccccc1. The minimum Gasteiger partial charge on any atom is -0.490 e. The molecule has 0 amide bonds. The van der Waals surface area contributed by atoms with Crippen molar-refractivity contribution in [2.24, 2.45) is 0 Å². The summed E-state index contributed by atoms with van der Waals surface area (Å²) in [4.78, 5) is 17.5. The molecule has 4 aromatic rings. The van der Waals surface area contributed by atoms with Crippen LogP contribution < -0.4 is 14.2 Å². The number of nitrogens with one attached hydrogen (secondary N) is 1. The third kappa shape index (κ3) is 7.03. The maximum absolute atomic E-state index is 15.2. The third-order valence-corrected chi connectivity index (χ3v) is 7.70. The predicted molar refractivity (Wildman–Crippen MR) is 154 cm³/mol. The summed E-state index contributed by atoms with van der Waals surface area (Å²) in [5.74, 6) is -8.49. The van der Waals surface area contributed by atoms with E-state index in [1.165, 1.54) is 13.8 Å². The van der Waals surface area contributed by atoms with Gasteiger partial charge in [0.25, 0.3) is 0 Å². The molecule has 0 radical (unpaired) electrons. The van der Waals surface area contributed by atoms with E-state index in [1.807, 2.05) is 0 Å². The molecule has 0 saturated carbocycles. The number of carbonyl (C=O) groups is 1. The van der Waals surface area contributed by atoms with Crippen LogP contribution in [0.5, 0.6) is 23.0 Å². The number of ether oxygens (including phenoxy) is 4. The van der Waals surface area contributed by atoms with Crippen LogP contribution in [0.15, 0.2) is 59.5 Å². The molecule has 0 aliphatic carbocycles. The van der Waals surface area contributed by atoms with E-state index in [0.29, 0.717) is 17.7 Å². The second-order valence-electron chi connectivity index (χ2n) is 9.74. The lowest BCUT2D eigenvalue weighted by Crippen LogP contribution is -2.16. The molecule has 0 saturated heterocycles. The van der Waals surface area contributed by atoms with Crippen LogP contribution in [0.1, 0.15) is 34.1 Å². The maximum Gasteiger partial charge on any atom is 0.419 e. The van der Waals surface area contributed by atoms with Gasteiger partial charge in [0, 0.05) is 11.8 Å². The van der Waals surface area contributed by atoms with Crippen molar-refractivity contribution in [2.45, 2.75) is 31.5 Å². The van der Waals surface area contributed by atoms with Gasteiger partial charge in [0.15, 0.2) is 17.3 Å². The molecule has 244 valence electrons. The summed E-state index contributed by atoms with van der Waals surface area (Å²) in [6.07, 6.45) is -4.19. The first-order valence-electron chi connectivity index (χ1n) is 13.3. The first kappa shape index (κ1) is 34.1. The number of aromatic nitrogens is 1. The van der Waals surface area contributed by atoms with Gasteiger partial charge in [-0.15, -0.1) is 0 Å². The number of hydrogen-bond donors (Lipinski definition) is 1. The average molecular weight is 669 g/mol. The smallest absolute Gasteiger partial charge is 0.419 e. The number of halogens is 6. The summed E-state index contributed by atoms with van der Waals surface area (Å²) in [7, 11) is -2.73. The molecule has 0 aliphatic heterocycles. The number of nitrogens with zero attached hydrogens (tertiary/aromatic N) is 1. The van der Waals surface area contributed by atoms with E-state index in [4.69, 9.17) is 23.7 Å². The van der Waals surface area contributed by atoms with Gasteiger partial charge in [-0.25, -0.2) is 22.6 Å². The van der Waals surface area contributed by atoms with Crippen LogP contribution in [0, 0.1) is 29.2 Å². The summed E-state index contributed by atoms with van der Waals surface area (Å²) < 4.78 is 128.